The monoisotopic (exact) mass is 360 g/mol. The van der Waals surface area contributed by atoms with Crippen LogP contribution in [0.15, 0.2) is 41.8 Å². The topological polar surface area (TPSA) is 69.9 Å². The van der Waals surface area contributed by atoms with Crippen molar-refractivity contribution in [2.24, 2.45) is 7.05 Å². The van der Waals surface area contributed by atoms with Crippen LogP contribution in [0.5, 0.6) is 0 Å². The first-order valence-corrected chi connectivity index (χ1v) is 9.18. The first kappa shape index (κ1) is 16.7. The highest BCUT2D eigenvalue weighted by molar-refractivity contribution is 7.98. The molecule has 0 spiro atoms. The Hall–Kier alpha value is -2.19. The summed E-state index contributed by atoms with van der Waals surface area (Å²) < 4.78 is 7.00. The van der Waals surface area contributed by atoms with E-state index in [2.05, 4.69) is 15.2 Å². The van der Waals surface area contributed by atoms with Gasteiger partial charge in [-0.1, -0.05) is 42.1 Å². The number of nitrogens with zero attached hydrogens (tertiary/aromatic N) is 4. The minimum atomic E-state index is -0.328. The van der Waals surface area contributed by atoms with E-state index in [0.29, 0.717) is 22.9 Å². The van der Waals surface area contributed by atoms with Crippen molar-refractivity contribution in [3.63, 3.8) is 0 Å². The van der Waals surface area contributed by atoms with Crippen molar-refractivity contribution in [3.05, 3.63) is 47.2 Å². The number of benzene rings is 1. The van der Waals surface area contributed by atoms with Crippen LogP contribution in [-0.2, 0) is 17.5 Å². The molecular formula is C16H16N4O2S2. The number of hydrogen-bond acceptors (Lipinski definition) is 7. The molecule has 0 bridgehead atoms. The molecule has 2 heterocycles. The number of carbonyl (C=O) groups is 1. The molecule has 0 aliphatic rings. The van der Waals surface area contributed by atoms with Gasteiger partial charge in [0.2, 0.25) is 0 Å². The van der Waals surface area contributed by atoms with Gasteiger partial charge >= 0.3 is 5.97 Å². The molecule has 0 aliphatic carbocycles. The van der Waals surface area contributed by atoms with Crippen LogP contribution in [0.4, 0.5) is 0 Å². The Morgan fingerprint density at radius 1 is 1.33 bits per heavy atom. The number of rotatable bonds is 6. The van der Waals surface area contributed by atoms with Crippen molar-refractivity contribution < 1.29 is 9.53 Å². The molecule has 6 nitrogen and oxygen atoms in total. The number of esters is 1. The molecule has 0 fully saturated rings. The molecule has 3 aromatic rings. The molecule has 8 heteroatoms. The number of aryl methyl sites for hydroxylation is 1. The van der Waals surface area contributed by atoms with Crippen LogP contribution in [0, 0.1) is 0 Å². The van der Waals surface area contributed by atoms with Crippen LogP contribution in [0.25, 0.3) is 10.6 Å². The van der Waals surface area contributed by atoms with E-state index in [1.165, 1.54) is 23.1 Å². The number of thiazole rings is 1. The summed E-state index contributed by atoms with van der Waals surface area (Å²) in [6.07, 6.45) is 1.64. The predicted molar refractivity (Wildman–Crippen MR) is 94.1 cm³/mol. The minimum Gasteiger partial charge on any atom is -0.462 e. The van der Waals surface area contributed by atoms with E-state index in [0.717, 1.165) is 15.7 Å². The Morgan fingerprint density at radius 2 is 2.12 bits per heavy atom. The molecule has 0 unspecified atom stereocenters. The van der Waals surface area contributed by atoms with Gasteiger partial charge in [-0.25, -0.2) is 9.78 Å². The Kier molecular flexibility index (Phi) is 5.27. The van der Waals surface area contributed by atoms with E-state index in [4.69, 9.17) is 4.74 Å². The molecule has 2 aromatic heterocycles. The molecule has 124 valence electrons. The quantitative estimate of drug-likeness (QED) is 0.496. The summed E-state index contributed by atoms with van der Waals surface area (Å²) in [6, 6.07) is 9.82. The second-order valence-corrected chi connectivity index (χ2v) is 6.84. The van der Waals surface area contributed by atoms with E-state index >= 15 is 0 Å². The van der Waals surface area contributed by atoms with Crippen LogP contribution in [0.3, 0.4) is 0 Å². The lowest BCUT2D eigenvalue weighted by Gasteiger charge is -2.02. The Labute approximate surface area is 147 Å². The Morgan fingerprint density at radius 3 is 2.79 bits per heavy atom. The van der Waals surface area contributed by atoms with Gasteiger partial charge in [0.15, 0.2) is 5.16 Å². The van der Waals surface area contributed by atoms with E-state index in [1.54, 1.807) is 13.3 Å². The van der Waals surface area contributed by atoms with Gasteiger partial charge in [0.25, 0.3) is 0 Å². The van der Waals surface area contributed by atoms with Gasteiger partial charge in [-0.15, -0.1) is 21.5 Å². The lowest BCUT2D eigenvalue weighted by atomic mass is 10.2. The normalized spacial score (nSPS) is 10.8. The third-order valence-corrected chi connectivity index (χ3v) is 5.36. The molecule has 0 saturated heterocycles. The average Bonchev–Trinajstić information content (AvgIpc) is 3.20. The number of thioether (sulfide) groups is 1. The van der Waals surface area contributed by atoms with Crippen LogP contribution in [0.2, 0.25) is 0 Å². The fourth-order valence-electron chi connectivity index (χ4n) is 2.05. The Balaban J connectivity index is 1.89. The summed E-state index contributed by atoms with van der Waals surface area (Å²) in [6.45, 7) is 2.14. The maximum Gasteiger partial charge on any atom is 0.350 e. The van der Waals surface area contributed by atoms with Crippen LogP contribution in [0.1, 0.15) is 22.3 Å². The maximum atomic E-state index is 12.2. The first-order chi connectivity index (χ1) is 11.7. The van der Waals surface area contributed by atoms with E-state index in [1.807, 2.05) is 41.9 Å². The highest BCUT2D eigenvalue weighted by atomic mass is 32.2. The molecule has 0 atom stereocenters. The fraction of sp³-hybridized carbons (Fsp3) is 0.250. The van der Waals surface area contributed by atoms with E-state index in [-0.39, 0.29) is 5.97 Å². The molecule has 0 radical (unpaired) electrons. The number of ether oxygens (including phenoxy) is 1. The summed E-state index contributed by atoms with van der Waals surface area (Å²) in [4.78, 5) is 17.4. The summed E-state index contributed by atoms with van der Waals surface area (Å²) >= 11 is 2.85. The number of carbonyl (C=O) groups excluding carboxylic acids is 1. The highest BCUT2D eigenvalue weighted by Gasteiger charge is 2.20. The van der Waals surface area contributed by atoms with Crippen LogP contribution < -0.4 is 0 Å². The minimum absolute atomic E-state index is 0.328. The molecule has 0 aliphatic heterocycles. The molecule has 0 amide bonds. The molecular weight excluding hydrogens is 344 g/mol. The maximum absolute atomic E-state index is 12.2. The van der Waals surface area contributed by atoms with Gasteiger partial charge in [-0.2, -0.15) is 0 Å². The van der Waals surface area contributed by atoms with E-state index in [9.17, 15) is 4.79 Å². The third-order valence-electron chi connectivity index (χ3n) is 3.19. The molecule has 0 saturated carbocycles. The van der Waals surface area contributed by atoms with Crippen molar-refractivity contribution in [1.82, 2.24) is 19.7 Å². The standard InChI is InChI=1S/C16H16N4O2S2/c1-3-22-15(21)13-12(9-23-16-19-17-10-20(16)2)18-14(24-13)11-7-5-4-6-8-11/h4-8,10H,3,9H2,1-2H3. The lowest BCUT2D eigenvalue weighted by molar-refractivity contribution is 0.0531. The van der Waals surface area contributed by atoms with Gasteiger partial charge in [-0.3, -0.25) is 0 Å². The first-order valence-electron chi connectivity index (χ1n) is 7.38. The SMILES string of the molecule is CCOC(=O)c1sc(-c2ccccc2)nc1CSc1nncn1C. The smallest absolute Gasteiger partial charge is 0.350 e. The number of aromatic nitrogens is 4. The summed E-state index contributed by atoms with van der Waals surface area (Å²) in [5, 5.41) is 9.49. The van der Waals surface area contributed by atoms with Crippen molar-refractivity contribution in [3.8, 4) is 10.6 Å². The molecule has 0 N–H and O–H groups in total. The van der Waals surface area contributed by atoms with Crippen molar-refractivity contribution in [1.29, 1.82) is 0 Å². The fourth-order valence-corrected chi connectivity index (χ4v) is 3.95. The van der Waals surface area contributed by atoms with Gasteiger partial charge in [-0.05, 0) is 6.92 Å². The zero-order valence-corrected chi connectivity index (χ0v) is 14.9. The van der Waals surface area contributed by atoms with Gasteiger partial charge in [0, 0.05) is 18.4 Å². The van der Waals surface area contributed by atoms with Crippen LogP contribution >= 0.6 is 23.1 Å². The van der Waals surface area contributed by atoms with Gasteiger partial charge in [0.1, 0.15) is 16.2 Å². The van der Waals surface area contributed by atoms with Crippen molar-refractivity contribution >= 4 is 29.1 Å². The predicted octanol–water partition coefficient (Wildman–Crippen LogP) is 3.41. The number of hydrogen-bond donors (Lipinski definition) is 0. The lowest BCUT2D eigenvalue weighted by Crippen LogP contribution is -2.05. The van der Waals surface area contributed by atoms with E-state index < -0.39 is 0 Å². The summed E-state index contributed by atoms with van der Waals surface area (Å²) in [5.41, 5.74) is 1.70. The second kappa shape index (κ2) is 7.59. The molecule has 1 aromatic carbocycles. The average molecular weight is 360 g/mol. The molecule has 3 rings (SSSR count). The van der Waals surface area contributed by atoms with Gasteiger partial charge in [0.05, 0.1) is 12.3 Å². The van der Waals surface area contributed by atoms with Crippen molar-refractivity contribution in [2.45, 2.75) is 17.8 Å². The largest absolute Gasteiger partial charge is 0.462 e. The summed E-state index contributed by atoms with van der Waals surface area (Å²) in [7, 11) is 1.88. The second-order valence-electron chi connectivity index (χ2n) is 4.89. The van der Waals surface area contributed by atoms with Gasteiger partial charge < -0.3 is 9.30 Å². The molecule has 24 heavy (non-hydrogen) atoms. The Bertz CT molecular complexity index is 830. The highest BCUT2D eigenvalue weighted by Crippen LogP contribution is 2.31. The van der Waals surface area contributed by atoms with Crippen molar-refractivity contribution in [2.75, 3.05) is 6.61 Å². The van der Waals surface area contributed by atoms with Crippen LogP contribution in [-0.4, -0.2) is 32.3 Å². The third kappa shape index (κ3) is 3.65. The zero-order chi connectivity index (χ0) is 16.9. The zero-order valence-electron chi connectivity index (χ0n) is 13.3. The summed E-state index contributed by atoms with van der Waals surface area (Å²) in [5.74, 6) is 0.204.